The molecule has 2 heteroatoms. The minimum atomic E-state index is 0.907. The third-order valence-corrected chi connectivity index (χ3v) is 4.12. The van der Waals surface area contributed by atoms with Gasteiger partial charge in [0, 0.05) is 10.9 Å². The van der Waals surface area contributed by atoms with Crippen LogP contribution in [0.5, 0.6) is 0 Å². The number of fused-ring (bicyclic) bond motifs is 1. The van der Waals surface area contributed by atoms with E-state index < -0.39 is 0 Å². The van der Waals surface area contributed by atoms with Crippen molar-refractivity contribution in [1.29, 1.82) is 0 Å². The van der Waals surface area contributed by atoms with Crippen molar-refractivity contribution in [1.82, 2.24) is 4.98 Å². The Kier molecular flexibility index (Phi) is 3.23. The summed E-state index contributed by atoms with van der Waals surface area (Å²) in [7, 11) is 0. The largest absolute Gasteiger partial charge is 0.466 e. The van der Waals surface area contributed by atoms with Gasteiger partial charge in [0.2, 0.25) is 0 Å². The maximum absolute atomic E-state index is 5.69. The van der Waals surface area contributed by atoms with Crippen molar-refractivity contribution < 1.29 is 4.42 Å². The third kappa shape index (κ3) is 2.42. The average Bonchev–Trinajstić information content (AvgIpc) is 2.93. The zero-order valence-corrected chi connectivity index (χ0v) is 13.2. The van der Waals surface area contributed by atoms with Crippen LogP contribution in [0.1, 0.15) is 11.5 Å². The Morgan fingerprint density at radius 3 is 2.26 bits per heavy atom. The van der Waals surface area contributed by atoms with E-state index in [1.807, 2.05) is 26.0 Å². The quantitative estimate of drug-likeness (QED) is 0.469. The standard InChI is InChI=1S/C21H17NO/c1-14-12-18(15(2)23-14)21-13-19(16-8-4-3-5-9-16)17-10-6-7-11-20(17)22-21/h3-13H,1-2H3. The fourth-order valence-electron chi connectivity index (χ4n) is 3.06. The number of para-hydroxylation sites is 1. The number of hydrogen-bond acceptors (Lipinski definition) is 2. The molecule has 0 saturated carbocycles. The molecule has 0 fully saturated rings. The average molecular weight is 299 g/mol. The van der Waals surface area contributed by atoms with Gasteiger partial charge in [-0.1, -0.05) is 48.5 Å². The topological polar surface area (TPSA) is 26.0 Å². The van der Waals surface area contributed by atoms with Crippen LogP contribution in [-0.2, 0) is 0 Å². The summed E-state index contributed by atoms with van der Waals surface area (Å²) in [6.45, 7) is 3.96. The first-order chi connectivity index (χ1) is 11.2. The van der Waals surface area contributed by atoms with Crippen molar-refractivity contribution in [3.63, 3.8) is 0 Å². The van der Waals surface area contributed by atoms with Crippen LogP contribution >= 0.6 is 0 Å². The fourth-order valence-corrected chi connectivity index (χ4v) is 3.06. The van der Waals surface area contributed by atoms with Crippen molar-refractivity contribution in [2.45, 2.75) is 13.8 Å². The van der Waals surface area contributed by atoms with E-state index in [1.54, 1.807) is 0 Å². The lowest BCUT2D eigenvalue weighted by molar-refractivity contribution is 0.505. The molecule has 0 amide bonds. The zero-order chi connectivity index (χ0) is 15.8. The molecular weight excluding hydrogens is 282 g/mol. The molecule has 23 heavy (non-hydrogen) atoms. The highest BCUT2D eigenvalue weighted by molar-refractivity contribution is 5.96. The zero-order valence-electron chi connectivity index (χ0n) is 13.2. The number of pyridine rings is 1. The van der Waals surface area contributed by atoms with Crippen LogP contribution in [0, 0.1) is 13.8 Å². The summed E-state index contributed by atoms with van der Waals surface area (Å²) in [5.41, 5.74) is 5.42. The van der Waals surface area contributed by atoms with Gasteiger partial charge in [-0.2, -0.15) is 0 Å². The maximum Gasteiger partial charge on any atom is 0.110 e. The van der Waals surface area contributed by atoms with Gasteiger partial charge in [-0.3, -0.25) is 0 Å². The molecule has 112 valence electrons. The van der Waals surface area contributed by atoms with Gasteiger partial charge in [-0.25, -0.2) is 4.98 Å². The van der Waals surface area contributed by atoms with E-state index in [-0.39, 0.29) is 0 Å². The summed E-state index contributed by atoms with van der Waals surface area (Å²) in [4.78, 5) is 4.85. The van der Waals surface area contributed by atoms with E-state index in [9.17, 15) is 0 Å². The Bertz CT molecular complexity index is 983. The molecule has 0 unspecified atom stereocenters. The van der Waals surface area contributed by atoms with E-state index in [0.717, 1.165) is 28.3 Å². The van der Waals surface area contributed by atoms with Crippen molar-refractivity contribution in [3.05, 3.63) is 78.3 Å². The first kappa shape index (κ1) is 13.8. The molecule has 2 aromatic heterocycles. The predicted octanol–water partition coefficient (Wildman–Crippen LogP) is 5.78. The van der Waals surface area contributed by atoms with Gasteiger partial charge in [0.15, 0.2) is 0 Å². The Labute approximate surface area is 135 Å². The Hall–Kier alpha value is -2.87. The number of hydrogen-bond donors (Lipinski definition) is 0. The lowest BCUT2D eigenvalue weighted by atomic mass is 9.98. The molecule has 0 spiro atoms. The fraction of sp³-hybridized carbons (Fsp3) is 0.0952. The van der Waals surface area contributed by atoms with Crippen LogP contribution in [0.3, 0.4) is 0 Å². The highest BCUT2D eigenvalue weighted by Gasteiger charge is 2.13. The van der Waals surface area contributed by atoms with Gasteiger partial charge in [-0.15, -0.1) is 0 Å². The minimum Gasteiger partial charge on any atom is -0.466 e. The molecule has 2 nitrogen and oxygen atoms in total. The van der Waals surface area contributed by atoms with Crippen LogP contribution in [0.2, 0.25) is 0 Å². The smallest absolute Gasteiger partial charge is 0.110 e. The molecule has 4 rings (SSSR count). The van der Waals surface area contributed by atoms with Crippen LogP contribution < -0.4 is 0 Å². The number of aryl methyl sites for hydroxylation is 2. The minimum absolute atomic E-state index is 0.907. The van der Waals surface area contributed by atoms with E-state index in [1.165, 1.54) is 16.5 Å². The normalized spacial score (nSPS) is 11.0. The van der Waals surface area contributed by atoms with Crippen molar-refractivity contribution >= 4 is 10.9 Å². The Morgan fingerprint density at radius 1 is 0.783 bits per heavy atom. The first-order valence-corrected chi connectivity index (χ1v) is 7.75. The number of furan rings is 1. The molecule has 4 aromatic rings. The number of benzene rings is 2. The highest BCUT2D eigenvalue weighted by Crippen LogP contribution is 2.33. The van der Waals surface area contributed by atoms with Crippen molar-refractivity contribution in [3.8, 4) is 22.4 Å². The lowest BCUT2D eigenvalue weighted by Crippen LogP contribution is -1.89. The molecule has 0 N–H and O–H groups in total. The molecule has 0 bridgehead atoms. The number of nitrogens with zero attached hydrogens (tertiary/aromatic N) is 1. The molecule has 2 heterocycles. The second-order valence-corrected chi connectivity index (χ2v) is 5.77. The molecule has 0 aliphatic rings. The van der Waals surface area contributed by atoms with Gasteiger partial charge in [0.05, 0.1) is 11.2 Å². The molecule has 0 atom stereocenters. The highest BCUT2D eigenvalue weighted by atomic mass is 16.3. The third-order valence-electron chi connectivity index (χ3n) is 4.12. The SMILES string of the molecule is Cc1cc(-c2cc(-c3ccccc3)c3ccccc3n2)c(C)o1. The first-order valence-electron chi connectivity index (χ1n) is 7.75. The predicted molar refractivity (Wildman–Crippen MR) is 94.4 cm³/mol. The van der Waals surface area contributed by atoms with E-state index in [0.29, 0.717) is 0 Å². The molecule has 0 aliphatic carbocycles. The summed E-state index contributed by atoms with van der Waals surface area (Å²) < 4.78 is 5.69. The molecular formula is C21H17NO. The monoisotopic (exact) mass is 299 g/mol. The van der Waals surface area contributed by atoms with Gasteiger partial charge >= 0.3 is 0 Å². The van der Waals surface area contributed by atoms with E-state index >= 15 is 0 Å². The lowest BCUT2D eigenvalue weighted by Gasteiger charge is -2.09. The van der Waals surface area contributed by atoms with Crippen LogP contribution in [0.4, 0.5) is 0 Å². The summed E-state index contributed by atoms with van der Waals surface area (Å²) in [6.07, 6.45) is 0. The Morgan fingerprint density at radius 2 is 1.52 bits per heavy atom. The maximum atomic E-state index is 5.69. The Balaban J connectivity index is 2.03. The second-order valence-electron chi connectivity index (χ2n) is 5.77. The summed E-state index contributed by atoms with van der Waals surface area (Å²) in [5, 5.41) is 1.17. The van der Waals surface area contributed by atoms with E-state index in [2.05, 4.69) is 54.6 Å². The van der Waals surface area contributed by atoms with Crippen LogP contribution in [-0.4, -0.2) is 4.98 Å². The van der Waals surface area contributed by atoms with Gasteiger partial charge in [0.25, 0.3) is 0 Å². The molecule has 2 aromatic carbocycles. The summed E-state index contributed by atoms with van der Waals surface area (Å²) >= 11 is 0. The van der Waals surface area contributed by atoms with Gasteiger partial charge in [0.1, 0.15) is 11.5 Å². The van der Waals surface area contributed by atoms with Crippen molar-refractivity contribution in [2.75, 3.05) is 0 Å². The van der Waals surface area contributed by atoms with Crippen LogP contribution in [0.15, 0.2) is 71.1 Å². The van der Waals surface area contributed by atoms with E-state index in [4.69, 9.17) is 9.40 Å². The summed E-state index contributed by atoms with van der Waals surface area (Å²) in [5.74, 6) is 1.82. The van der Waals surface area contributed by atoms with Gasteiger partial charge < -0.3 is 4.42 Å². The second kappa shape index (κ2) is 5.40. The summed E-state index contributed by atoms with van der Waals surface area (Å²) in [6, 6.07) is 22.9. The number of aromatic nitrogens is 1. The van der Waals surface area contributed by atoms with Crippen molar-refractivity contribution in [2.24, 2.45) is 0 Å². The molecule has 0 saturated heterocycles. The molecule has 0 radical (unpaired) electrons. The van der Waals surface area contributed by atoms with Crippen LogP contribution in [0.25, 0.3) is 33.3 Å². The van der Waals surface area contributed by atoms with Gasteiger partial charge in [-0.05, 0) is 43.2 Å². The molecule has 0 aliphatic heterocycles. The number of rotatable bonds is 2.